The van der Waals surface area contributed by atoms with Crippen molar-refractivity contribution in [1.82, 2.24) is 9.97 Å². The monoisotopic (exact) mass is 244 g/mol. The number of thiol groups is 1. The fourth-order valence-electron chi connectivity index (χ4n) is 0.964. The molecule has 0 aliphatic heterocycles. The van der Waals surface area contributed by atoms with Gasteiger partial charge in [0.15, 0.2) is 0 Å². The third-order valence-corrected chi connectivity index (χ3v) is 4.11. The molecule has 0 saturated carbocycles. The van der Waals surface area contributed by atoms with Gasteiger partial charge in [0, 0.05) is 11.8 Å². The Morgan fingerprint density at radius 3 is 2.86 bits per heavy atom. The lowest BCUT2D eigenvalue weighted by molar-refractivity contribution is 0.622. The number of hydrogen-bond acceptors (Lipinski definition) is 5. The first kappa shape index (κ1) is 9.95. The number of thiazole rings is 1. The number of rotatable bonds is 2. The second kappa shape index (κ2) is 4.29. The maximum atomic E-state index is 12.8. The zero-order valence-corrected chi connectivity index (χ0v) is 9.37. The van der Waals surface area contributed by atoms with E-state index in [0.717, 1.165) is 9.22 Å². The summed E-state index contributed by atoms with van der Waals surface area (Å²) in [6.07, 6.45) is 4.48. The van der Waals surface area contributed by atoms with Gasteiger partial charge in [-0.25, -0.2) is 9.37 Å². The summed E-state index contributed by atoms with van der Waals surface area (Å²) in [6, 6.07) is 1.42. The highest BCUT2D eigenvalue weighted by Crippen LogP contribution is 2.32. The zero-order chi connectivity index (χ0) is 9.97. The summed E-state index contributed by atoms with van der Waals surface area (Å²) in [5, 5.41) is 0.758. The zero-order valence-electron chi connectivity index (χ0n) is 6.85. The van der Waals surface area contributed by atoms with E-state index in [9.17, 15) is 4.39 Å². The van der Waals surface area contributed by atoms with E-state index < -0.39 is 0 Å². The summed E-state index contributed by atoms with van der Waals surface area (Å²) >= 11 is 5.52. The molecular weight excluding hydrogens is 239 g/mol. The molecule has 2 aromatic heterocycles. The van der Waals surface area contributed by atoms with Crippen molar-refractivity contribution in [1.29, 1.82) is 0 Å². The van der Waals surface area contributed by atoms with Gasteiger partial charge >= 0.3 is 0 Å². The Morgan fingerprint density at radius 2 is 2.21 bits per heavy atom. The van der Waals surface area contributed by atoms with Crippen molar-refractivity contribution >= 4 is 33.8 Å². The molecule has 0 aromatic carbocycles. The van der Waals surface area contributed by atoms with Crippen LogP contribution >= 0.6 is 33.8 Å². The maximum Gasteiger partial charge on any atom is 0.142 e. The van der Waals surface area contributed by atoms with Crippen molar-refractivity contribution in [2.75, 3.05) is 0 Å². The second-order valence-electron chi connectivity index (χ2n) is 2.47. The lowest BCUT2D eigenvalue weighted by Crippen LogP contribution is -1.81. The topological polar surface area (TPSA) is 25.8 Å². The summed E-state index contributed by atoms with van der Waals surface area (Å²) < 4.78 is 13.8. The SMILES string of the molecule is Fc1cncc(-c2ncc(SS)s2)c1. The van der Waals surface area contributed by atoms with Crippen molar-refractivity contribution in [2.45, 2.75) is 4.21 Å². The number of aromatic nitrogens is 2. The van der Waals surface area contributed by atoms with Crippen LogP contribution in [-0.4, -0.2) is 9.97 Å². The molecule has 2 rings (SSSR count). The summed E-state index contributed by atoms with van der Waals surface area (Å²) in [5.74, 6) is -0.349. The van der Waals surface area contributed by atoms with E-state index >= 15 is 0 Å². The summed E-state index contributed by atoms with van der Waals surface area (Å²) in [5.41, 5.74) is 0.698. The summed E-state index contributed by atoms with van der Waals surface area (Å²) in [4.78, 5) is 7.90. The Hall–Kier alpha value is -0.590. The molecule has 0 amide bonds. The van der Waals surface area contributed by atoms with E-state index in [4.69, 9.17) is 0 Å². The van der Waals surface area contributed by atoms with Crippen LogP contribution < -0.4 is 0 Å². The van der Waals surface area contributed by atoms with Crippen LogP contribution in [0.5, 0.6) is 0 Å². The quantitative estimate of drug-likeness (QED) is 0.648. The van der Waals surface area contributed by atoms with Crippen molar-refractivity contribution in [3.05, 3.63) is 30.5 Å². The summed E-state index contributed by atoms with van der Waals surface area (Å²) in [7, 11) is 1.32. The van der Waals surface area contributed by atoms with Gasteiger partial charge in [-0.15, -0.1) is 23.0 Å². The van der Waals surface area contributed by atoms with Gasteiger partial charge in [-0.2, -0.15) is 0 Å². The molecule has 0 radical (unpaired) electrons. The first-order valence-corrected chi connectivity index (χ1v) is 6.36. The van der Waals surface area contributed by atoms with Crippen LogP contribution in [0.15, 0.2) is 28.9 Å². The third kappa shape index (κ3) is 2.08. The standard InChI is InChI=1S/C8H5FN2S3/c9-6-1-5(2-10-3-6)8-11-4-7(13-8)14-12/h1-4,12H. The van der Waals surface area contributed by atoms with Crippen LogP contribution in [0.1, 0.15) is 0 Å². The maximum absolute atomic E-state index is 12.8. The van der Waals surface area contributed by atoms with Gasteiger partial charge in [-0.05, 0) is 16.9 Å². The fourth-order valence-corrected chi connectivity index (χ4v) is 2.56. The van der Waals surface area contributed by atoms with Crippen LogP contribution in [0.4, 0.5) is 4.39 Å². The van der Waals surface area contributed by atoms with Crippen molar-refractivity contribution in [2.24, 2.45) is 0 Å². The average Bonchev–Trinajstić information content (AvgIpc) is 2.66. The van der Waals surface area contributed by atoms with Crippen molar-refractivity contribution in [3.63, 3.8) is 0 Å². The van der Waals surface area contributed by atoms with Gasteiger partial charge in [0.2, 0.25) is 0 Å². The van der Waals surface area contributed by atoms with Gasteiger partial charge in [-0.1, -0.05) is 0 Å². The van der Waals surface area contributed by atoms with E-state index in [0.29, 0.717) is 5.56 Å². The van der Waals surface area contributed by atoms with E-state index in [1.165, 1.54) is 34.4 Å². The minimum atomic E-state index is -0.349. The molecule has 0 N–H and O–H groups in total. The van der Waals surface area contributed by atoms with E-state index in [2.05, 4.69) is 21.6 Å². The second-order valence-corrected chi connectivity index (χ2v) is 4.93. The highest BCUT2D eigenvalue weighted by Gasteiger charge is 2.05. The van der Waals surface area contributed by atoms with Crippen LogP contribution in [0.2, 0.25) is 0 Å². The molecule has 72 valence electrons. The summed E-state index contributed by atoms with van der Waals surface area (Å²) in [6.45, 7) is 0. The van der Waals surface area contributed by atoms with Gasteiger partial charge in [-0.3, -0.25) is 4.98 Å². The number of halogens is 1. The van der Waals surface area contributed by atoms with Gasteiger partial charge in [0.25, 0.3) is 0 Å². The highest BCUT2D eigenvalue weighted by atomic mass is 33.1. The van der Waals surface area contributed by atoms with Crippen LogP contribution in [0.3, 0.4) is 0 Å². The molecule has 6 heteroatoms. The Labute approximate surface area is 93.4 Å². The average molecular weight is 244 g/mol. The molecule has 2 aromatic rings. The Bertz CT molecular complexity index is 444. The van der Waals surface area contributed by atoms with Crippen LogP contribution in [0, 0.1) is 5.82 Å². The van der Waals surface area contributed by atoms with E-state index in [1.807, 2.05) is 0 Å². The normalized spacial score (nSPS) is 10.4. The molecule has 14 heavy (non-hydrogen) atoms. The van der Waals surface area contributed by atoms with Crippen LogP contribution in [0.25, 0.3) is 10.6 Å². The molecule has 0 saturated heterocycles. The molecule has 2 heterocycles. The molecular formula is C8H5FN2S3. The van der Waals surface area contributed by atoms with E-state index in [-0.39, 0.29) is 5.82 Å². The largest absolute Gasteiger partial charge is 0.261 e. The predicted molar refractivity (Wildman–Crippen MR) is 60.1 cm³/mol. The number of pyridine rings is 1. The number of nitrogens with zero attached hydrogens (tertiary/aromatic N) is 2. The molecule has 0 unspecified atom stereocenters. The minimum absolute atomic E-state index is 0.349. The lowest BCUT2D eigenvalue weighted by Gasteiger charge is -1.93. The first-order chi connectivity index (χ1) is 6.79. The smallest absolute Gasteiger partial charge is 0.142 e. The molecule has 0 bridgehead atoms. The Kier molecular flexibility index (Phi) is 3.05. The fraction of sp³-hybridized carbons (Fsp3) is 0. The molecule has 0 aliphatic rings. The van der Waals surface area contributed by atoms with Crippen molar-refractivity contribution in [3.8, 4) is 10.6 Å². The minimum Gasteiger partial charge on any atom is -0.261 e. The highest BCUT2D eigenvalue weighted by molar-refractivity contribution is 8.69. The predicted octanol–water partition coefficient (Wildman–Crippen LogP) is 3.28. The first-order valence-electron chi connectivity index (χ1n) is 3.68. The lowest BCUT2D eigenvalue weighted by atomic mass is 10.3. The molecule has 0 aliphatic carbocycles. The number of hydrogen-bond donors (Lipinski definition) is 1. The molecule has 0 atom stereocenters. The van der Waals surface area contributed by atoms with Gasteiger partial charge < -0.3 is 0 Å². The Morgan fingerprint density at radius 1 is 1.36 bits per heavy atom. The molecule has 0 fully saturated rings. The van der Waals surface area contributed by atoms with E-state index in [1.54, 1.807) is 12.4 Å². The van der Waals surface area contributed by atoms with Crippen LogP contribution in [-0.2, 0) is 0 Å². The molecule has 2 nitrogen and oxygen atoms in total. The van der Waals surface area contributed by atoms with Gasteiger partial charge in [0.05, 0.1) is 16.6 Å². The molecule has 0 spiro atoms. The van der Waals surface area contributed by atoms with Gasteiger partial charge in [0.1, 0.15) is 10.8 Å². The van der Waals surface area contributed by atoms with Crippen molar-refractivity contribution < 1.29 is 4.39 Å². The Balaban J connectivity index is 2.39. The third-order valence-electron chi connectivity index (χ3n) is 1.53.